The van der Waals surface area contributed by atoms with Crippen LogP contribution in [-0.4, -0.2) is 31.6 Å². The minimum absolute atomic E-state index is 0.119. The minimum Gasteiger partial charge on any atom is -0.330 e. The highest BCUT2D eigenvalue weighted by molar-refractivity contribution is 7.09. The van der Waals surface area contributed by atoms with E-state index >= 15 is 0 Å². The van der Waals surface area contributed by atoms with Gasteiger partial charge in [-0.05, 0) is 43.3 Å². The van der Waals surface area contributed by atoms with Crippen LogP contribution in [0.4, 0.5) is 13.2 Å². The molecular weight excluding hydrogens is 389 g/mol. The normalized spacial score (nSPS) is 14.3. The fourth-order valence-corrected chi connectivity index (χ4v) is 3.71. The highest BCUT2D eigenvalue weighted by Crippen LogP contribution is 2.32. The molecule has 1 fully saturated rings. The van der Waals surface area contributed by atoms with Crippen LogP contribution in [-0.2, 0) is 12.7 Å². The summed E-state index contributed by atoms with van der Waals surface area (Å²) < 4.78 is 39.6. The van der Waals surface area contributed by atoms with Crippen LogP contribution in [0.2, 0.25) is 0 Å². The van der Waals surface area contributed by atoms with Crippen LogP contribution in [0.1, 0.15) is 39.3 Å². The summed E-state index contributed by atoms with van der Waals surface area (Å²) in [7, 11) is 0. The van der Waals surface area contributed by atoms with Crippen LogP contribution >= 0.6 is 11.3 Å². The van der Waals surface area contributed by atoms with E-state index in [0.29, 0.717) is 17.8 Å². The van der Waals surface area contributed by atoms with Crippen molar-refractivity contribution in [3.05, 3.63) is 63.7 Å². The number of carbonyl (C=O) groups excluding carboxylic acids is 1. The Morgan fingerprint density at radius 2 is 2.07 bits per heavy atom. The highest BCUT2D eigenvalue weighted by Gasteiger charge is 2.35. The van der Waals surface area contributed by atoms with Crippen molar-refractivity contribution < 1.29 is 18.0 Å². The van der Waals surface area contributed by atoms with Crippen molar-refractivity contribution in [3.63, 3.8) is 0 Å². The summed E-state index contributed by atoms with van der Waals surface area (Å²) in [4.78, 5) is 19.9. The van der Waals surface area contributed by atoms with E-state index in [1.54, 1.807) is 18.3 Å². The van der Waals surface area contributed by atoms with Crippen LogP contribution in [0.25, 0.3) is 5.82 Å². The van der Waals surface area contributed by atoms with Crippen LogP contribution in [0.15, 0.2) is 42.0 Å². The molecule has 5 nitrogen and oxygen atoms in total. The van der Waals surface area contributed by atoms with Gasteiger partial charge in [0.2, 0.25) is 0 Å². The second-order valence-corrected chi connectivity index (χ2v) is 7.73. The number of rotatable bonds is 5. The standard InChI is InChI=1S/C19H17F3N4OS/c1-12-16(18(27)25(14-5-6-14)11-15-3-2-8-28-15)10-24-26(12)17-7-4-13(9-23-17)19(20,21)22/h2-4,7-10,14H,5-6,11H2,1H3. The molecule has 1 aliphatic carbocycles. The molecular formula is C19H17F3N4OS. The van der Waals surface area contributed by atoms with Gasteiger partial charge in [0.25, 0.3) is 5.91 Å². The van der Waals surface area contributed by atoms with Gasteiger partial charge in [-0.15, -0.1) is 11.3 Å². The first kappa shape index (κ1) is 18.7. The van der Waals surface area contributed by atoms with Crippen molar-refractivity contribution in [3.8, 4) is 5.82 Å². The van der Waals surface area contributed by atoms with E-state index in [-0.39, 0.29) is 17.8 Å². The quantitative estimate of drug-likeness (QED) is 0.629. The molecule has 3 aromatic heterocycles. The molecule has 0 spiro atoms. The Bertz CT molecular complexity index is 976. The Balaban J connectivity index is 1.59. The maximum absolute atomic E-state index is 13.1. The summed E-state index contributed by atoms with van der Waals surface area (Å²) in [6.07, 6.45) is -0.264. The number of alkyl halides is 3. The van der Waals surface area contributed by atoms with Gasteiger partial charge in [0, 0.05) is 17.1 Å². The molecule has 1 amide bonds. The smallest absolute Gasteiger partial charge is 0.330 e. The number of hydrogen-bond donors (Lipinski definition) is 0. The van der Waals surface area contributed by atoms with Gasteiger partial charge in [-0.25, -0.2) is 9.67 Å². The van der Waals surface area contributed by atoms with E-state index in [4.69, 9.17) is 0 Å². The van der Waals surface area contributed by atoms with Crippen LogP contribution in [0, 0.1) is 6.92 Å². The van der Waals surface area contributed by atoms with Crippen molar-refractivity contribution in [1.82, 2.24) is 19.7 Å². The molecule has 0 radical (unpaired) electrons. The minimum atomic E-state index is -4.45. The summed E-state index contributed by atoms with van der Waals surface area (Å²) in [5.41, 5.74) is 0.160. The van der Waals surface area contributed by atoms with Crippen LogP contribution in [0.3, 0.4) is 0 Å². The van der Waals surface area contributed by atoms with Crippen molar-refractivity contribution >= 4 is 17.2 Å². The van der Waals surface area contributed by atoms with E-state index in [9.17, 15) is 18.0 Å². The Morgan fingerprint density at radius 1 is 1.29 bits per heavy atom. The first-order valence-corrected chi connectivity index (χ1v) is 9.64. The first-order valence-electron chi connectivity index (χ1n) is 8.76. The predicted octanol–water partition coefficient (Wildman–Crippen LogP) is 4.46. The highest BCUT2D eigenvalue weighted by atomic mass is 32.1. The summed E-state index contributed by atoms with van der Waals surface area (Å²) in [6, 6.07) is 6.38. The third-order valence-electron chi connectivity index (χ3n) is 4.69. The molecule has 0 aromatic carbocycles. The average Bonchev–Trinajstić information content (AvgIpc) is 3.23. The molecule has 0 N–H and O–H groups in total. The van der Waals surface area contributed by atoms with E-state index < -0.39 is 11.7 Å². The molecule has 9 heteroatoms. The van der Waals surface area contributed by atoms with Gasteiger partial charge in [0.15, 0.2) is 5.82 Å². The van der Waals surface area contributed by atoms with Crippen LogP contribution in [0.5, 0.6) is 0 Å². The van der Waals surface area contributed by atoms with Crippen LogP contribution < -0.4 is 0 Å². The maximum Gasteiger partial charge on any atom is 0.417 e. The van der Waals surface area contributed by atoms with Gasteiger partial charge in [-0.2, -0.15) is 18.3 Å². The van der Waals surface area contributed by atoms with E-state index in [0.717, 1.165) is 30.0 Å². The molecule has 28 heavy (non-hydrogen) atoms. The summed E-state index contributed by atoms with van der Waals surface area (Å²) in [5.74, 6) is 0.118. The van der Waals surface area contributed by atoms with E-state index in [1.807, 2.05) is 22.4 Å². The van der Waals surface area contributed by atoms with Crippen molar-refractivity contribution in [2.75, 3.05) is 0 Å². The Labute approximate surface area is 163 Å². The largest absolute Gasteiger partial charge is 0.417 e. The van der Waals surface area contributed by atoms with Gasteiger partial charge in [0.1, 0.15) is 0 Å². The molecule has 4 rings (SSSR count). The second-order valence-electron chi connectivity index (χ2n) is 6.70. The zero-order valence-electron chi connectivity index (χ0n) is 15.0. The molecule has 0 bridgehead atoms. The topological polar surface area (TPSA) is 51.0 Å². The monoisotopic (exact) mass is 406 g/mol. The Hall–Kier alpha value is -2.68. The van der Waals surface area contributed by atoms with Gasteiger partial charge in [0.05, 0.1) is 29.6 Å². The fraction of sp³-hybridized carbons (Fsp3) is 0.316. The maximum atomic E-state index is 13.1. The molecule has 0 saturated heterocycles. The lowest BCUT2D eigenvalue weighted by Crippen LogP contribution is -2.32. The molecule has 0 aliphatic heterocycles. The summed E-state index contributed by atoms with van der Waals surface area (Å²) in [6.45, 7) is 2.26. The van der Waals surface area contributed by atoms with Gasteiger partial charge in [-0.3, -0.25) is 4.79 Å². The van der Waals surface area contributed by atoms with Gasteiger partial charge in [-0.1, -0.05) is 6.07 Å². The number of aromatic nitrogens is 3. The fourth-order valence-electron chi connectivity index (χ4n) is 3.01. The number of hydrogen-bond acceptors (Lipinski definition) is 4. The first-order chi connectivity index (χ1) is 13.3. The number of pyridine rings is 1. The van der Waals surface area contributed by atoms with E-state index in [1.165, 1.54) is 16.9 Å². The Morgan fingerprint density at radius 3 is 2.64 bits per heavy atom. The molecule has 146 valence electrons. The summed E-state index contributed by atoms with van der Waals surface area (Å²) in [5, 5.41) is 6.16. The number of thiophene rings is 1. The molecule has 3 heterocycles. The second kappa shape index (κ2) is 7.05. The van der Waals surface area contributed by atoms with E-state index in [2.05, 4.69) is 10.1 Å². The number of halogens is 3. The Kier molecular flexibility index (Phi) is 4.70. The number of nitrogens with zero attached hydrogens (tertiary/aromatic N) is 4. The molecule has 1 aliphatic rings. The zero-order valence-corrected chi connectivity index (χ0v) is 15.8. The summed E-state index contributed by atoms with van der Waals surface area (Å²) >= 11 is 1.60. The molecule has 1 saturated carbocycles. The molecule has 3 aromatic rings. The SMILES string of the molecule is Cc1c(C(=O)N(Cc2cccs2)C2CC2)cnn1-c1ccc(C(F)(F)F)cn1. The number of carbonyl (C=O) groups is 1. The van der Waals surface area contributed by atoms with Gasteiger partial charge >= 0.3 is 6.18 Å². The lowest BCUT2D eigenvalue weighted by Gasteiger charge is -2.21. The van der Waals surface area contributed by atoms with Crippen molar-refractivity contribution in [2.24, 2.45) is 0 Å². The zero-order chi connectivity index (χ0) is 19.9. The third-order valence-corrected chi connectivity index (χ3v) is 5.55. The number of amides is 1. The molecule has 0 unspecified atom stereocenters. The lowest BCUT2D eigenvalue weighted by atomic mass is 10.2. The predicted molar refractivity (Wildman–Crippen MR) is 98.3 cm³/mol. The average molecular weight is 406 g/mol. The van der Waals surface area contributed by atoms with Crippen molar-refractivity contribution in [1.29, 1.82) is 0 Å². The molecule has 0 atom stereocenters. The van der Waals surface area contributed by atoms with Gasteiger partial charge < -0.3 is 4.90 Å². The van der Waals surface area contributed by atoms with Crippen molar-refractivity contribution in [2.45, 2.75) is 38.5 Å². The third kappa shape index (κ3) is 3.66. The lowest BCUT2D eigenvalue weighted by molar-refractivity contribution is -0.137.